The van der Waals surface area contributed by atoms with Crippen LogP contribution in [0.5, 0.6) is 0 Å². The van der Waals surface area contributed by atoms with Crippen LogP contribution in [0.1, 0.15) is 38.8 Å². The number of para-hydroxylation sites is 1. The average molecular weight is 1240 g/mol. The third-order valence-electron chi connectivity index (χ3n) is 18.1. The first kappa shape index (κ1) is 59.2. The quantitative estimate of drug-likeness (QED) is 0.128. The van der Waals surface area contributed by atoms with Gasteiger partial charge in [-0.2, -0.15) is 0 Å². The minimum atomic E-state index is -0.268. The molecule has 1 aliphatic rings. The smallest absolute Gasteiger partial charge is 0.164 e. The van der Waals surface area contributed by atoms with Crippen LogP contribution in [0.4, 0.5) is 0 Å². The number of hydrogen-bond donors (Lipinski definition) is 0. The van der Waals surface area contributed by atoms with E-state index in [2.05, 4.69) is 262 Å². The van der Waals surface area contributed by atoms with Crippen molar-refractivity contribution in [2.24, 2.45) is 0 Å². The van der Waals surface area contributed by atoms with E-state index < -0.39 is 0 Å². The van der Waals surface area contributed by atoms with Crippen LogP contribution in [0.2, 0.25) is 0 Å². The fourth-order valence-corrected chi connectivity index (χ4v) is 16.1. The molecular weight excluding hydrogens is 1180 g/mol. The second-order valence-corrected chi connectivity index (χ2v) is 26.3. The Morgan fingerprint density at radius 1 is 0.340 bits per heavy atom. The molecule has 16 aromatic rings. The third-order valence-corrected chi connectivity index (χ3v) is 20.4. The summed E-state index contributed by atoms with van der Waals surface area (Å²) in [7, 11) is 0. The monoisotopic (exact) mass is 1240 g/mol. The lowest BCUT2D eigenvalue weighted by molar-refractivity contribution is 0.666. The van der Waals surface area contributed by atoms with Crippen molar-refractivity contribution in [3.63, 3.8) is 0 Å². The van der Waals surface area contributed by atoms with Crippen molar-refractivity contribution in [2.75, 3.05) is 0 Å². The van der Waals surface area contributed by atoms with Gasteiger partial charge in [-0.25, -0.2) is 15.0 Å². The highest BCUT2D eigenvalue weighted by atomic mass is 32.1. The third kappa shape index (κ3) is 10.5. The molecule has 0 atom stereocenters. The topological polar surface area (TPSA) is 43.6 Å². The van der Waals surface area contributed by atoms with E-state index in [1.807, 2.05) is 97.2 Å². The first-order chi connectivity index (χ1) is 46.2. The van der Waals surface area contributed by atoms with Gasteiger partial charge in [0.2, 0.25) is 0 Å². The van der Waals surface area contributed by atoms with Gasteiger partial charge in [-0.1, -0.05) is 270 Å². The number of thiophene rings is 2. The predicted molar refractivity (Wildman–Crippen MR) is 406 cm³/mol. The molecule has 0 amide bonds. The van der Waals surface area contributed by atoms with Crippen molar-refractivity contribution in [3.05, 3.63) is 328 Å². The molecule has 0 N–H and O–H groups in total. The van der Waals surface area contributed by atoms with E-state index in [-0.39, 0.29) is 5.41 Å². The normalized spacial score (nSPS) is 12.3. The van der Waals surface area contributed by atoms with Crippen LogP contribution in [-0.2, 0) is 5.41 Å². The van der Waals surface area contributed by atoms with Crippen molar-refractivity contribution in [1.82, 2.24) is 19.5 Å². The molecule has 12 aromatic carbocycles. The highest BCUT2D eigenvalue weighted by molar-refractivity contribution is 7.26. The zero-order chi connectivity index (χ0) is 63.9. The Labute approximate surface area is 556 Å². The van der Waals surface area contributed by atoms with Gasteiger partial charge in [0, 0.05) is 84.3 Å². The summed E-state index contributed by atoms with van der Waals surface area (Å²) < 4.78 is 7.71. The van der Waals surface area contributed by atoms with E-state index >= 15 is 0 Å². The fraction of sp³-hybridized carbons (Fsp3) is 0.0568. The molecule has 0 saturated heterocycles. The Hall–Kier alpha value is -11.2. The predicted octanol–water partition coefficient (Wildman–Crippen LogP) is 25.2. The van der Waals surface area contributed by atoms with Crippen LogP contribution in [-0.4, -0.2) is 19.5 Å². The van der Waals surface area contributed by atoms with Crippen LogP contribution in [0.3, 0.4) is 0 Å². The molecular formula is C88H66N4S2. The van der Waals surface area contributed by atoms with Crippen LogP contribution in [0, 0.1) is 0 Å². The van der Waals surface area contributed by atoms with Crippen LogP contribution >= 0.6 is 22.7 Å². The number of rotatable bonds is 10. The maximum Gasteiger partial charge on any atom is 0.164 e. The lowest BCUT2D eigenvalue weighted by atomic mass is 9.80. The fourth-order valence-electron chi connectivity index (χ4n) is 13.9. The summed E-state index contributed by atoms with van der Waals surface area (Å²) in [6.45, 7) is 15.7. The van der Waals surface area contributed by atoms with Crippen molar-refractivity contribution >= 4 is 84.8 Å². The maximum atomic E-state index is 5.49. The molecule has 1 aliphatic carbocycles. The van der Waals surface area contributed by atoms with Gasteiger partial charge in [0.05, 0.1) is 16.7 Å². The zero-order valence-corrected chi connectivity index (χ0v) is 54.5. The van der Waals surface area contributed by atoms with Gasteiger partial charge in [0.15, 0.2) is 17.5 Å². The summed E-state index contributed by atoms with van der Waals surface area (Å²) >= 11 is 3.70. The molecule has 0 aliphatic heterocycles. The molecule has 17 rings (SSSR count). The van der Waals surface area contributed by atoms with Gasteiger partial charge in [-0.15, -0.1) is 22.7 Å². The molecule has 94 heavy (non-hydrogen) atoms. The second-order valence-electron chi connectivity index (χ2n) is 24.1. The first-order valence-electron chi connectivity index (χ1n) is 32.0. The largest absolute Gasteiger partial charge is 0.308 e. The molecule has 0 fully saturated rings. The maximum absolute atomic E-state index is 5.49. The van der Waals surface area contributed by atoms with Crippen molar-refractivity contribution in [1.29, 1.82) is 0 Å². The Kier molecular flexibility index (Phi) is 15.8. The highest BCUT2D eigenvalue weighted by Crippen LogP contribution is 2.55. The summed E-state index contributed by atoms with van der Waals surface area (Å²) in [5, 5.41) is 7.55. The Balaban J connectivity index is 0.000000681. The van der Waals surface area contributed by atoms with E-state index in [9.17, 15) is 0 Å². The molecule has 0 unspecified atom stereocenters. The number of benzene rings is 12. The molecule has 0 spiro atoms. The van der Waals surface area contributed by atoms with Crippen molar-refractivity contribution in [2.45, 2.75) is 33.1 Å². The molecule has 0 radical (unpaired) electrons. The summed E-state index contributed by atoms with van der Waals surface area (Å²) in [6.07, 6.45) is 11.2. The van der Waals surface area contributed by atoms with E-state index in [0.717, 1.165) is 77.9 Å². The lowest BCUT2D eigenvalue weighted by Gasteiger charge is -2.24. The Morgan fingerprint density at radius 2 is 0.766 bits per heavy atom. The van der Waals surface area contributed by atoms with E-state index in [0.29, 0.717) is 17.5 Å². The van der Waals surface area contributed by atoms with E-state index in [1.165, 1.54) is 73.4 Å². The summed E-state index contributed by atoms with van der Waals surface area (Å²) in [4.78, 5) is 16.2. The van der Waals surface area contributed by atoms with E-state index in [4.69, 9.17) is 15.0 Å². The molecule has 6 heteroatoms. The summed E-state index contributed by atoms with van der Waals surface area (Å²) in [5.41, 5.74) is 20.0. The number of allylic oxidation sites excluding steroid dienone is 6. The number of nitrogens with zero attached hydrogens (tertiary/aromatic N) is 4. The zero-order valence-electron chi connectivity index (χ0n) is 52.9. The van der Waals surface area contributed by atoms with Gasteiger partial charge in [0.1, 0.15) is 0 Å². The molecule has 0 saturated carbocycles. The van der Waals surface area contributed by atoms with E-state index in [1.54, 1.807) is 12.2 Å². The standard InChI is InChI=1S/C78H50N4S2.2C5H8/c1-78(2)65-33-17-13-29-56(65)59-39-40-67-72(73(59)78)60-32-14-18-34-66(60)82(67)74-63(54-27-11-9-25-52(54)49-37-41-70-61(43-49)57-30-15-19-35-68(57)83-70)45-51(77-80-75(47-21-5-3-6-22-47)79-76(81-77)48-23-7-4-8-24-48)46-64(74)55-28-12-10-26-53(55)50-38-42-71-62(44-50)58-31-16-20-36-69(58)84-71;2*1-3-5-4-2/h3-46H,1-2H3;2*3-5H,1H2,2H3/b;2*5-4-. The lowest BCUT2D eigenvalue weighted by Crippen LogP contribution is -2.15. The minimum absolute atomic E-state index is 0.268. The average Bonchev–Trinajstić information content (AvgIpc) is 1.51. The second kappa shape index (κ2) is 25.2. The SMILES string of the molecule is C=C/C=C\C.C=C/C=C\C.CC1(C)c2ccccc2-c2ccc3c(c21)c1ccccc1n3-c1c(-c2ccccc2-c2ccc3sc4ccccc4c3c2)cc(-c2nc(-c3ccccc3)nc(-c3ccccc3)n2)cc1-c1ccccc1-c1ccc2sc3ccccc3c2c1. The molecule has 4 heterocycles. The van der Waals surface area contributed by atoms with Gasteiger partial charge in [-0.3, -0.25) is 0 Å². The first-order valence-corrected chi connectivity index (χ1v) is 33.6. The van der Waals surface area contributed by atoms with Crippen LogP contribution in [0.15, 0.2) is 317 Å². The highest BCUT2D eigenvalue weighted by Gasteiger charge is 2.38. The summed E-state index contributed by atoms with van der Waals surface area (Å²) in [6, 6.07) is 97.9. The van der Waals surface area contributed by atoms with Crippen molar-refractivity contribution < 1.29 is 0 Å². The Bertz CT molecular complexity index is 5410. The molecule has 450 valence electrons. The number of fused-ring (bicyclic) bond motifs is 13. The molecule has 0 bridgehead atoms. The van der Waals surface area contributed by atoms with Crippen molar-refractivity contribution in [3.8, 4) is 95.5 Å². The minimum Gasteiger partial charge on any atom is -0.308 e. The molecule has 4 aromatic heterocycles. The number of hydrogen-bond acceptors (Lipinski definition) is 5. The van der Waals surface area contributed by atoms with Crippen LogP contribution < -0.4 is 0 Å². The van der Waals surface area contributed by atoms with Gasteiger partial charge in [-0.05, 0) is 130 Å². The Morgan fingerprint density at radius 3 is 1.27 bits per heavy atom. The van der Waals surface area contributed by atoms with Gasteiger partial charge in [0.25, 0.3) is 0 Å². The molecule has 4 nitrogen and oxygen atoms in total. The number of aromatic nitrogens is 4. The van der Waals surface area contributed by atoms with Gasteiger partial charge < -0.3 is 4.57 Å². The summed E-state index contributed by atoms with van der Waals surface area (Å²) in [5.74, 6) is 1.81. The van der Waals surface area contributed by atoms with Crippen LogP contribution in [0.25, 0.3) is 158 Å². The van der Waals surface area contributed by atoms with Gasteiger partial charge >= 0.3 is 0 Å².